The topological polar surface area (TPSA) is 91.7 Å². The molecule has 1 aromatic carbocycles. The molecule has 0 aliphatic rings. The lowest BCUT2D eigenvalue weighted by atomic mass is 10.0. The average molecular weight is 356 g/mol. The predicted molar refractivity (Wildman–Crippen MR) is 82.5 cm³/mol. The molecule has 0 saturated carbocycles. The zero-order chi connectivity index (χ0) is 18.6. The summed E-state index contributed by atoms with van der Waals surface area (Å²) in [5, 5.41) is 21.3. The van der Waals surface area contributed by atoms with Crippen LogP contribution < -0.4 is 10.1 Å². The number of carbonyl (C=O) groups is 1. The van der Waals surface area contributed by atoms with E-state index in [0.717, 1.165) is 12.3 Å². The summed E-state index contributed by atoms with van der Waals surface area (Å²) in [5.41, 5.74) is -1.06. The van der Waals surface area contributed by atoms with Crippen LogP contribution in [0, 0.1) is 0 Å². The number of hydrogen-bond donors (Lipinski definition) is 3. The molecule has 0 amide bonds. The number of hydrogen-bond acceptors (Lipinski definition) is 5. The van der Waals surface area contributed by atoms with E-state index in [-0.39, 0.29) is 29.1 Å². The van der Waals surface area contributed by atoms with Crippen LogP contribution in [0.5, 0.6) is 5.75 Å². The van der Waals surface area contributed by atoms with Crippen molar-refractivity contribution >= 4 is 11.8 Å². The number of halogens is 3. The molecule has 2 rings (SSSR count). The Morgan fingerprint density at radius 3 is 2.56 bits per heavy atom. The highest BCUT2D eigenvalue weighted by molar-refractivity contribution is 5.87. The van der Waals surface area contributed by atoms with Crippen LogP contribution >= 0.6 is 0 Å². The monoisotopic (exact) mass is 356 g/mol. The molecule has 0 radical (unpaired) electrons. The van der Waals surface area contributed by atoms with Crippen LogP contribution in [0.3, 0.4) is 0 Å². The number of nitrogens with zero attached hydrogens (tertiary/aromatic N) is 1. The van der Waals surface area contributed by atoms with Gasteiger partial charge in [-0.3, -0.25) is 0 Å². The van der Waals surface area contributed by atoms with Gasteiger partial charge < -0.3 is 20.3 Å². The minimum atomic E-state index is -4.59. The summed E-state index contributed by atoms with van der Waals surface area (Å²) >= 11 is 0. The van der Waals surface area contributed by atoms with Crippen molar-refractivity contribution in [2.45, 2.75) is 18.8 Å². The number of nitrogens with one attached hydrogen (secondary N) is 1. The number of aliphatic hydroxyl groups is 1. The minimum Gasteiger partial charge on any atom is -0.497 e. The third-order valence-corrected chi connectivity index (χ3v) is 3.36. The zero-order valence-corrected chi connectivity index (χ0v) is 13.0. The number of aromatic carboxylic acids is 1. The number of carboxylic acid groups (broad SMARTS) is 1. The SMILES string of the molecule is COc1ccc(CC(O)Nc2ccc(C(=O)O)cn2)c(C(F)(F)F)c1. The molecule has 0 bridgehead atoms. The molecule has 9 heteroatoms. The third kappa shape index (κ3) is 4.83. The van der Waals surface area contributed by atoms with Gasteiger partial charge in [-0.1, -0.05) is 6.07 Å². The van der Waals surface area contributed by atoms with Crippen molar-refractivity contribution in [1.82, 2.24) is 4.98 Å². The van der Waals surface area contributed by atoms with Crippen LogP contribution in [-0.2, 0) is 12.6 Å². The standard InChI is InChI=1S/C16H15F3N2O4/c1-25-11-4-2-9(12(7-11)16(17,18)19)6-14(22)21-13-5-3-10(8-20-13)15(23)24/h2-5,7-8,14,22H,6H2,1H3,(H,20,21)(H,23,24). The summed E-state index contributed by atoms with van der Waals surface area (Å²) < 4.78 is 44.2. The van der Waals surface area contributed by atoms with Gasteiger partial charge in [-0.25, -0.2) is 9.78 Å². The molecule has 1 atom stereocenters. The van der Waals surface area contributed by atoms with Crippen molar-refractivity contribution in [3.05, 3.63) is 53.2 Å². The second kappa shape index (κ2) is 7.39. The van der Waals surface area contributed by atoms with Crippen LogP contribution in [0.1, 0.15) is 21.5 Å². The van der Waals surface area contributed by atoms with E-state index in [9.17, 15) is 23.1 Å². The van der Waals surface area contributed by atoms with E-state index in [1.54, 1.807) is 0 Å². The first kappa shape index (κ1) is 18.5. The van der Waals surface area contributed by atoms with E-state index >= 15 is 0 Å². The maximum atomic E-state index is 13.1. The Labute approximate surface area is 140 Å². The lowest BCUT2D eigenvalue weighted by Crippen LogP contribution is -2.24. The maximum Gasteiger partial charge on any atom is 0.416 e. The number of benzene rings is 1. The molecule has 0 spiro atoms. The van der Waals surface area contributed by atoms with Gasteiger partial charge in [0.1, 0.15) is 17.8 Å². The van der Waals surface area contributed by atoms with Crippen LogP contribution in [0.4, 0.5) is 19.0 Å². The number of ether oxygens (including phenoxy) is 1. The molecule has 1 aromatic heterocycles. The molecule has 1 heterocycles. The van der Waals surface area contributed by atoms with Crippen molar-refractivity contribution in [1.29, 1.82) is 0 Å². The number of methoxy groups -OCH3 is 1. The van der Waals surface area contributed by atoms with Gasteiger partial charge in [0.15, 0.2) is 0 Å². The van der Waals surface area contributed by atoms with Crippen LogP contribution in [0.15, 0.2) is 36.5 Å². The number of aliphatic hydroxyl groups excluding tert-OH is 1. The van der Waals surface area contributed by atoms with Crippen LogP contribution in [-0.4, -0.2) is 34.5 Å². The van der Waals surface area contributed by atoms with Gasteiger partial charge in [0.05, 0.1) is 18.2 Å². The summed E-state index contributed by atoms with van der Waals surface area (Å²) in [7, 11) is 1.26. The Bertz CT molecular complexity index is 748. The van der Waals surface area contributed by atoms with E-state index in [2.05, 4.69) is 10.3 Å². The Balaban J connectivity index is 2.14. The summed E-state index contributed by atoms with van der Waals surface area (Å²) in [5.74, 6) is -0.961. The molecule has 3 N–H and O–H groups in total. The van der Waals surface area contributed by atoms with Crippen LogP contribution in [0.2, 0.25) is 0 Å². The second-order valence-electron chi connectivity index (χ2n) is 5.12. The van der Waals surface area contributed by atoms with Gasteiger partial charge in [0.25, 0.3) is 0 Å². The summed E-state index contributed by atoms with van der Waals surface area (Å²) in [6, 6.07) is 6.04. The molecule has 0 aliphatic carbocycles. The van der Waals surface area contributed by atoms with Gasteiger partial charge in [-0.05, 0) is 29.8 Å². The van der Waals surface area contributed by atoms with E-state index < -0.39 is 23.9 Å². The second-order valence-corrected chi connectivity index (χ2v) is 5.12. The van der Waals surface area contributed by atoms with E-state index in [0.29, 0.717) is 0 Å². The Morgan fingerprint density at radius 1 is 1.32 bits per heavy atom. The molecule has 25 heavy (non-hydrogen) atoms. The zero-order valence-electron chi connectivity index (χ0n) is 13.0. The number of alkyl halides is 3. The molecular weight excluding hydrogens is 341 g/mol. The fraction of sp³-hybridized carbons (Fsp3) is 0.250. The average Bonchev–Trinajstić information content (AvgIpc) is 2.54. The highest BCUT2D eigenvalue weighted by atomic mass is 19.4. The van der Waals surface area contributed by atoms with Crippen molar-refractivity contribution in [3.8, 4) is 5.75 Å². The number of pyridine rings is 1. The van der Waals surface area contributed by atoms with Crippen LogP contribution in [0.25, 0.3) is 0 Å². The third-order valence-electron chi connectivity index (χ3n) is 3.36. The number of carboxylic acids is 1. The Morgan fingerprint density at radius 2 is 2.04 bits per heavy atom. The summed E-state index contributed by atoms with van der Waals surface area (Å²) in [6.45, 7) is 0. The fourth-order valence-corrected chi connectivity index (χ4v) is 2.16. The predicted octanol–water partition coefficient (Wildman–Crippen LogP) is 2.78. The van der Waals surface area contributed by atoms with Gasteiger partial charge >= 0.3 is 12.1 Å². The molecule has 0 aliphatic heterocycles. The van der Waals surface area contributed by atoms with Crippen molar-refractivity contribution in [2.75, 3.05) is 12.4 Å². The smallest absolute Gasteiger partial charge is 0.416 e. The first-order valence-corrected chi connectivity index (χ1v) is 7.08. The highest BCUT2D eigenvalue weighted by Gasteiger charge is 2.34. The first-order valence-electron chi connectivity index (χ1n) is 7.08. The van der Waals surface area contributed by atoms with E-state index in [1.807, 2.05) is 0 Å². The van der Waals surface area contributed by atoms with Crippen molar-refractivity contribution in [3.63, 3.8) is 0 Å². The van der Waals surface area contributed by atoms with E-state index in [4.69, 9.17) is 9.84 Å². The lowest BCUT2D eigenvalue weighted by molar-refractivity contribution is -0.138. The molecule has 134 valence electrons. The molecule has 6 nitrogen and oxygen atoms in total. The molecular formula is C16H15F3N2O4. The molecule has 0 fully saturated rings. The minimum absolute atomic E-state index is 0.0467. The first-order chi connectivity index (χ1) is 11.7. The maximum absolute atomic E-state index is 13.1. The van der Waals surface area contributed by atoms with Gasteiger partial charge in [0.2, 0.25) is 0 Å². The fourth-order valence-electron chi connectivity index (χ4n) is 2.16. The molecule has 0 saturated heterocycles. The Hall–Kier alpha value is -2.81. The number of anilines is 1. The molecule has 1 unspecified atom stereocenters. The largest absolute Gasteiger partial charge is 0.497 e. The van der Waals surface area contributed by atoms with Gasteiger partial charge in [0, 0.05) is 12.6 Å². The van der Waals surface area contributed by atoms with Gasteiger partial charge in [-0.2, -0.15) is 13.2 Å². The lowest BCUT2D eigenvalue weighted by Gasteiger charge is -2.18. The highest BCUT2D eigenvalue weighted by Crippen LogP contribution is 2.35. The Kier molecular flexibility index (Phi) is 5.48. The quantitative estimate of drug-likeness (QED) is 0.690. The van der Waals surface area contributed by atoms with Gasteiger partial charge in [-0.15, -0.1) is 0 Å². The summed E-state index contributed by atoms with van der Waals surface area (Å²) in [4.78, 5) is 14.5. The summed E-state index contributed by atoms with van der Waals surface area (Å²) in [6.07, 6.45) is -5.20. The molecule has 2 aromatic rings. The number of rotatable bonds is 6. The normalized spacial score (nSPS) is 12.5. The van der Waals surface area contributed by atoms with E-state index in [1.165, 1.54) is 31.4 Å². The number of aromatic nitrogens is 1. The van der Waals surface area contributed by atoms with Crippen molar-refractivity contribution in [2.24, 2.45) is 0 Å². The van der Waals surface area contributed by atoms with Crippen molar-refractivity contribution < 1.29 is 32.9 Å².